The average molecular weight is 527 g/mol. The van der Waals surface area contributed by atoms with Gasteiger partial charge in [0.1, 0.15) is 6.33 Å². The number of nitrogens with zero attached hydrogens (tertiary/aromatic N) is 4. The number of anilines is 1. The van der Waals surface area contributed by atoms with E-state index in [1.807, 2.05) is 19.1 Å². The highest BCUT2D eigenvalue weighted by atomic mass is 35.5. The molecule has 2 aromatic heterocycles. The molecule has 1 unspecified atom stereocenters. The number of benzene rings is 1. The number of morpholine rings is 1. The van der Waals surface area contributed by atoms with Gasteiger partial charge in [0.15, 0.2) is 5.82 Å². The van der Waals surface area contributed by atoms with Gasteiger partial charge in [-0.05, 0) is 30.7 Å². The van der Waals surface area contributed by atoms with E-state index in [-0.39, 0.29) is 18.0 Å². The molecule has 10 nitrogen and oxygen atoms in total. The highest BCUT2D eigenvalue weighted by Crippen LogP contribution is 2.24. The number of amides is 2. The fourth-order valence-corrected chi connectivity index (χ4v) is 4.12. The Hall–Kier alpha value is -3.76. The third kappa shape index (κ3) is 6.72. The summed E-state index contributed by atoms with van der Waals surface area (Å²) in [6.45, 7) is 5.13. The Morgan fingerprint density at radius 1 is 1.11 bits per heavy atom. The van der Waals surface area contributed by atoms with E-state index < -0.39 is 23.6 Å². The van der Waals surface area contributed by atoms with E-state index in [2.05, 4.69) is 32.3 Å². The van der Waals surface area contributed by atoms with E-state index in [1.54, 1.807) is 35.4 Å². The van der Waals surface area contributed by atoms with Gasteiger partial charge in [0.05, 0.1) is 30.5 Å². The number of hydrogen-bond acceptors (Lipinski definition) is 7. The Morgan fingerprint density at radius 3 is 2.51 bits per heavy atom. The molecule has 1 atom stereocenters. The van der Waals surface area contributed by atoms with Crippen LogP contribution in [0, 0.1) is 0 Å². The molecule has 3 aromatic rings. The summed E-state index contributed by atoms with van der Waals surface area (Å²) in [6, 6.07) is 10.4. The van der Waals surface area contributed by atoms with Gasteiger partial charge in [-0.25, -0.2) is 9.97 Å². The maximum absolute atomic E-state index is 13.1. The minimum absolute atomic E-state index is 0. The number of nitrogens with one attached hydrogen (secondary N) is 1. The standard InChI is InChI=1S/C26H30N6O4.ClH/c1-2-3-6-21(23(33)24(27)34)30-26(35)20-5-4-11-28-25(20)32-16-22(29-17-32)18-7-9-19(10-8-18)31-12-14-36-15-13-31;/h4-5,7-11,16-17,21H,2-3,6,12-15H2,1H3,(H2,27,34)(H,30,35);1H. The molecule has 0 bridgehead atoms. The Balaban J connectivity index is 0.00000380. The monoisotopic (exact) mass is 526 g/mol. The van der Waals surface area contributed by atoms with Gasteiger partial charge in [-0.2, -0.15) is 0 Å². The molecular formula is C26H31ClN6O4. The Labute approximate surface area is 221 Å². The first-order valence-corrected chi connectivity index (χ1v) is 12.0. The van der Waals surface area contributed by atoms with Gasteiger partial charge in [0.2, 0.25) is 5.78 Å². The lowest BCUT2D eigenvalue weighted by Gasteiger charge is -2.28. The second kappa shape index (κ2) is 13.0. The number of halogens is 1. The van der Waals surface area contributed by atoms with E-state index in [1.165, 1.54) is 0 Å². The largest absolute Gasteiger partial charge is 0.378 e. The molecule has 1 saturated heterocycles. The third-order valence-electron chi connectivity index (χ3n) is 6.11. The SMILES string of the molecule is CCCCC(NC(=O)c1cccnc1-n1cnc(-c2ccc(N3CCOCC3)cc2)c1)C(=O)C(N)=O.Cl. The predicted octanol–water partition coefficient (Wildman–Crippen LogP) is 2.54. The van der Waals surface area contributed by atoms with Crippen LogP contribution in [0.3, 0.4) is 0 Å². The molecule has 4 rings (SSSR count). The fourth-order valence-electron chi connectivity index (χ4n) is 4.12. The van der Waals surface area contributed by atoms with Crippen LogP contribution >= 0.6 is 12.4 Å². The Morgan fingerprint density at radius 2 is 1.84 bits per heavy atom. The van der Waals surface area contributed by atoms with Crippen molar-refractivity contribution in [1.82, 2.24) is 19.9 Å². The minimum atomic E-state index is -1.07. The molecule has 1 fully saturated rings. The molecule has 0 saturated carbocycles. The third-order valence-corrected chi connectivity index (χ3v) is 6.11. The summed E-state index contributed by atoms with van der Waals surface area (Å²) in [4.78, 5) is 47.9. The summed E-state index contributed by atoms with van der Waals surface area (Å²) >= 11 is 0. The van der Waals surface area contributed by atoms with E-state index in [0.29, 0.717) is 18.7 Å². The summed E-state index contributed by atoms with van der Waals surface area (Å²) in [5, 5.41) is 2.66. The second-order valence-electron chi connectivity index (χ2n) is 8.58. The van der Waals surface area contributed by atoms with Gasteiger partial charge in [-0.3, -0.25) is 19.0 Å². The van der Waals surface area contributed by atoms with E-state index in [4.69, 9.17) is 10.5 Å². The number of carbonyl (C=O) groups is 3. The number of pyridine rings is 1. The number of imidazole rings is 1. The average Bonchev–Trinajstić information content (AvgIpc) is 3.41. The maximum atomic E-state index is 13.1. The topological polar surface area (TPSA) is 132 Å². The molecule has 1 aliphatic rings. The summed E-state index contributed by atoms with van der Waals surface area (Å²) < 4.78 is 7.08. The summed E-state index contributed by atoms with van der Waals surface area (Å²) in [6.07, 6.45) is 6.77. The zero-order chi connectivity index (χ0) is 25.5. The van der Waals surface area contributed by atoms with E-state index >= 15 is 0 Å². The van der Waals surface area contributed by atoms with Crippen molar-refractivity contribution in [2.75, 3.05) is 31.2 Å². The smallest absolute Gasteiger partial charge is 0.287 e. The lowest BCUT2D eigenvalue weighted by Crippen LogP contribution is -2.46. The van der Waals surface area contributed by atoms with Gasteiger partial charge in [-0.15, -0.1) is 12.4 Å². The lowest BCUT2D eigenvalue weighted by atomic mass is 10.0. The second-order valence-corrected chi connectivity index (χ2v) is 8.58. The van der Waals surface area contributed by atoms with Gasteiger partial charge in [-0.1, -0.05) is 31.9 Å². The van der Waals surface area contributed by atoms with Crippen LogP contribution in [0.4, 0.5) is 5.69 Å². The van der Waals surface area contributed by atoms with Crippen molar-refractivity contribution in [3.63, 3.8) is 0 Å². The van der Waals surface area contributed by atoms with Crippen molar-refractivity contribution in [3.05, 3.63) is 60.7 Å². The van der Waals surface area contributed by atoms with Gasteiger partial charge >= 0.3 is 0 Å². The van der Waals surface area contributed by atoms with Crippen LogP contribution in [-0.2, 0) is 14.3 Å². The van der Waals surface area contributed by atoms with Crippen molar-refractivity contribution in [1.29, 1.82) is 0 Å². The van der Waals surface area contributed by atoms with Crippen LogP contribution in [0.25, 0.3) is 17.1 Å². The molecule has 2 amide bonds. The number of aromatic nitrogens is 3. The molecule has 3 heterocycles. The molecule has 37 heavy (non-hydrogen) atoms. The van der Waals surface area contributed by atoms with Crippen LogP contribution in [0.1, 0.15) is 36.5 Å². The van der Waals surface area contributed by atoms with Crippen molar-refractivity contribution >= 4 is 35.7 Å². The Kier molecular flexibility index (Phi) is 9.76. The first-order valence-electron chi connectivity index (χ1n) is 12.0. The van der Waals surface area contributed by atoms with Crippen LogP contribution in [0.5, 0.6) is 0 Å². The fraction of sp³-hybridized carbons (Fsp3) is 0.346. The molecule has 0 aliphatic carbocycles. The number of ether oxygens (including phenoxy) is 1. The van der Waals surface area contributed by atoms with Crippen LogP contribution < -0.4 is 16.0 Å². The summed E-state index contributed by atoms with van der Waals surface area (Å²) in [5.74, 6) is -2.03. The van der Waals surface area contributed by atoms with Crippen molar-refractivity contribution < 1.29 is 19.1 Å². The van der Waals surface area contributed by atoms with E-state index in [9.17, 15) is 14.4 Å². The highest BCUT2D eigenvalue weighted by molar-refractivity contribution is 6.38. The number of primary amides is 1. The lowest BCUT2D eigenvalue weighted by molar-refractivity contribution is -0.137. The summed E-state index contributed by atoms with van der Waals surface area (Å²) in [7, 11) is 0. The number of Topliss-reactive ketones (excluding diaryl/α,β-unsaturated/α-hetero) is 1. The molecule has 3 N–H and O–H groups in total. The minimum Gasteiger partial charge on any atom is -0.378 e. The molecule has 0 radical (unpaired) electrons. The first-order chi connectivity index (χ1) is 17.5. The normalized spacial score (nSPS) is 13.9. The van der Waals surface area contributed by atoms with Crippen LogP contribution in [0.15, 0.2) is 55.1 Å². The zero-order valence-corrected chi connectivity index (χ0v) is 21.4. The van der Waals surface area contributed by atoms with Crippen LogP contribution in [-0.4, -0.2) is 64.5 Å². The maximum Gasteiger partial charge on any atom is 0.287 e. The number of hydrogen-bond donors (Lipinski definition) is 2. The van der Waals surface area contributed by atoms with Crippen LogP contribution in [0.2, 0.25) is 0 Å². The molecular weight excluding hydrogens is 496 g/mol. The molecule has 11 heteroatoms. The quantitative estimate of drug-likeness (QED) is 0.388. The highest BCUT2D eigenvalue weighted by Gasteiger charge is 2.26. The summed E-state index contributed by atoms with van der Waals surface area (Å²) in [5.41, 5.74) is 8.22. The molecule has 1 aliphatic heterocycles. The number of ketones is 1. The molecule has 0 spiro atoms. The number of nitrogens with two attached hydrogens (primary N) is 1. The number of unbranched alkanes of at least 4 members (excludes halogenated alkanes) is 1. The molecule has 1 aromatic carbocycles. The van der Waals surface area contributed by atoms with Crippen molar-refractivity contribution in [2.24, 2.45) is 5.73 Å². The van der Waals surface area contributed by atoms with Gasteiger partial charge < -0.3 is 20.7 Å². The molecule has 196 valence electrons. The number of carbonyl (C=O) groups excluding carboxylic acids is 3. The number of rotatable bonds is 10. The van der Waals surface area contributed by atoms with Gasteiger partial charge in [0, 0.05) is 36.7 Å². The van der Waals surface area contributed by atoms with E-state index in [0.717, 1.165) is 49.7 Å². The Bertz CT molecular complexity index is 1220. The van der Waals surface area contributed by atoms with Crippen molar-refractivity contribution in [2.45, 2.75) is 32.2 Å². The van der Waals surface area contributed by atoms with Gasteiger partial charge in [0.25, 0.3) is 11.8 Å². The first kappa shape index (κ1) is 27.8. The predicted molar refractivity (Wildman–Crippen MR) is 142 cm³/mol. The zero-order valence-electron chi connectivity index (χ0n) is 20.6. The van der Waals surface area contributed by atoms with Crippen molar-refractivity contribution in [3.8, 4) is 17.1 Å².